The number of rotatable bonds is 3. The Morgan fingerprint density at radius 1 is 1.25 bits per heavy atom. The van der Waals surface area contributed by atoms with Crippen LogP contribution in [0, 0.1) is 6.57 Å². The van der Waals surface area contributed by atoms with Gasteiger partial charge in [-0.3, -0.25) is 0 Å². The van der Waals surface area contributed by atoms with Crippen molar-refractivity contribution in [2.24, 2.45) is 0 Å². The first-order chi connectivity index (χ1) is 9.67. The first kappa shape index (κ1) is 13.8. The Bertz CT molecular complexity index is 686. The number of benzene rings is 2. The fourth-order valence-corrected chi connectivity index (χ4v) is 1.94. The highest BCUT2D eigenvalue weighted by molar-refractivity contribution is 5.91. The maximum absolute atomic E-state index is 11.6. The molecule has 2 aromatic rings. The van der Waals surface area contributed by atoms with E-state index in [9.17, 15) is 9.90 Å². The van der Waals surface area contributed by atoms with Crippen molar-refractivity contribution in [2.45, 2.75) is 6.61 Å². The molecule has 0 aliphatic rings. The molecular weight excluding hydrogens is 254 g/mol. The van der Waals surface area contributed by atoms with Crippen LogP contribution in [0.3, 0.4) is 0 Å². The summed E-state index contributed by atoms with van der Waals surface area (Å²) in [6.45, 7) is 6.87. The molecule has 1 N–H and O–H groups in total. The predicted octanol–water partition coefficient (Wildman–Crippen LogP) is 3.18. The van der Waals surface area contributed by atoms with Gasteiger partial charge in [-0.1, -0.05) is 18.2 Å². The zero-order valence-electron chi connectivity index (χ0n) is 11.0. The fraction of sp³-hybridized carbons (Fsp3) is 0.125. The van der Waals surface area contributed by atoms with Gasteiger partial charge in [0, 0.05) is 0 Å². The average Bonchev–Trinajstić information content (AvgIpc) is 2.53. The number of hydrogen-bond donors (Lipinski definition) is 1. The molecule has 0 aliphatic carbocycles. The minimum absolute atomic E-state index is 0.166. The van der Waals surface area contributed by atoms with Crippen LogP contribution in [0.5, 0.6) is 0 Å². The molecule has 0 heterocycles. The second-order valence-corrected chi connectivity index (χ2v) is 4.23. The van der Waals surface area contributed by atoms with Gasteiger partial charge in [-0.25, -0.2) is 9.64 Å². The number of hydrogen-bond acceptors (Lipinski definition) is 3. The smallest absolute Gasteiger partial charge is 0.337 e. The average molecular weight is 267 g/mol. The molecule has 2 rings (SSSR count). The quantitative estimate of drug-likeness (QED) is 0.686. The van der Waals surface area contributed by atoms with Gasteiger partial charge in [0.25, 0.3) is 0 Å². The van der Waals surface area contributed by atoms with E-state index in [-0.39, 0.29) is 6.61 Å². The van der Waals surface area contributed by atoms with E-state index in [0.717, 1.165) is 11.1 Å². The maximum Gasteiger partial charge on any atom is 0.337 e. The summed E-state index contributed by atoms with van der Waals surface area (Å²) in [6, 6.07) is 12.2. The standard InChI is InChI=1S/C16H13NO3/c1-17-15-5-3-4-12(9-15)13-6-11(10-18)7-14(8-13)16(19)20-2/h3-9,18H,10H2,2H3. The van der Waals surface area contributed by atoms with E-state index >= 15 is 0 Å². The van der Waals surface area contributed by atoms with Crippen molar-refractivity contribution in [2.75, 3.05) is 7.11 Å². The summed E-state index contributed by atoms with van der Waals surface area (Å²) in [5, 5.41) is 9.29. The lowest BCUT2D eigenvalue weighted by molar-refractivity contribution is 0.0600. The van der Waals surface area contributed by atoms with Gasteiger partial charge in [-0.15, -0.1) is 0 Å². The van der Waals surface area contributed by atoms with Gasteiger partial charge in [0.2, 0.25) is 0 Å². The van der Waals surface area contributed by atoms with Gasteiger partial charge in [0.1, 0.15) is 0 Å². The molecule has 0 saturated carbocycles. The highest BCUT2D eigenvalue weighted by Crippen LogP contribution is 2.26. The van der Waals surface area contributed by atoms with Gasteiger partial charge >= 0.3 is 5.97 Å². The van der Waals surface area contributed by atoms with E-state index in [1.807, 2.05) is 6.07 Å². The highest BCUT2D eigenvalue weighted by atomic mass is 16.5. The van der Waals surface area contributed by atoms with E-state index in [4.69, 9.17) is 11.3 Å². The number of methoxy groups -OCH3 is 1. The first-order valence-electron chi connectivity index (χ1n) is 5.99. The van der Waals surface area contributed by atoms with Crippen LogP contribution in [0.15, 0.2) is 42.5 Å². The summed E-state index contributed by atoms with van der Waals surface area (Å²) in [5.41, 5.74) is 3.11. The Hall–Kier alpha value is -2.64. The summed E-state index contributed by atoms with van der Waals surface area (Å²) in [7, 11) is 1.31. The number of aliphatic hydroxyl groups excluding tert-OH is 1. The summed E-state index contributed by atoms with van der Waals surface area (Å²) < 4.78 is 4.70. The lowest BCUT2D eigenvalue weighted by Crippen LogP contribution is -2.02. The normalized spacial score (nSPS) is 9.85. The Balaban J connectivity index is 2.55. The van der Waals surface area contributed by atoms with Crippen LogP contribution < -0.4 is 0 Å². The molecule has 20 heavy (non-hydrogen) atoms. The van der Waals surface area contributed by atoms with Crippen LogP contribution in [0.2, 0.25) is 0 Å². The SMILES string of the molecule is [C-]#[N+]c1cccc(-c2cc(CO)cc(C(=O)OC)c2)c1. The predicted molar refractivity (Wildman–Crippen MR) is 75.4 cm³/mol. The minimum atomic E-state index is -0.456. The summed E-state index contributed by atoms with van der Waals surface area (Å²) in [4.78, 5) is 15.0. The topological polar surface area (TPSA) is 50.9 Å². The zero-order valence-corrected chi connectivity index (χ0v) is 11.0. The van der Waals surface area contributed by atoms with Crippen LogP contribution >= 0.6 is 0 Å². The molecule has 0 aromatic heterocycles. The van der Waals surface area contributed by atoms with Gasteiger partial charge < -0.3 is 9.84 Å². The van der Waals surface area contributed by atoms with E-state index in [1.165, 1.54) is 7.11 Å². The van der Waals surface area contributed by atoms with Crippen molar-refractivity contribution in [1.29, 1.82) is 0 Å². The number of carbonyl (C=O) groups excluding carboxylic acids is 1. The van der Waals surface area contributed by atoms with E-state index in [2.05, 4.69) is 4.85 Å². The molecule has 0 atom stereocenters. The summed E-state index contributed by atoms with van der Waals surface area (Å²) in [5.74, 6) is -0.456. The molecule has 0 radical (unpaired) electrons. The van der Waals surface area contributed by atoms with E-state index < -0.39 is 5.97 Å². The Morgan fingerprint density at radius 3 is 2.70 bits per heavy atom. The van der Waals surface area contributed by atoms with E-state index in [0.29, 0.717) is 16.8 Å². The van der Waals surface area contributed by atoms with E-state index in [1.54, 1.807) is 36.4 Å². The zero-order chi connectivity index (χ0) is 14.5. The second-order valence-electron chi connectivity index (χ2n) is 4.23. The van der Waals surface area contributed by atoms with Gasteiger partial charge in [0.15, 0.2) is 5.69 Å². The Morgan fingerprint density at radius 2 is 2.05 bits per heavy atom. The lowest BCUT2D eigenvalue weighted by atomic mass is 9.99. The number of nitrogens with zero attached hydrogens (tertiary/aromatic N) is 1. The molecular formula is C16H13NO3. The molecule has 4 nitrogen and oxygen atoms in total. The van der Waals surface area contributed by atoms with Gasteiger partial charge in [-0.05, 0) is 41.0 Å². The number of esters is 1. The molecule has 0 unspecified atom stereocenters. The van der Waals surface area contributed by atoms with Crippen molar-refractivity contribution in [3.63, 3.8) is 0 Å². The molecule has 4 heteroatoms. The van der Waals surface area contributed by atoms with Crippen LogP contribution in [0.1, 0.15) is 15.9 Å². The fourth-order valence-electron chi connectivity index (χ4n) is 1.94. The van der Waals surface area contributed by atoms with Crippen LogP contribution in [0.25, 0.3) is 16.0 Å². The maximum atomic E-state index is 11.6. The van der Waals surface area contributed by atoms with Crippen molar-refractivity contribution in [3.8, 4) is 11.1 Å². The Labute approximate surface area is 117 Å². The highest BCUT2D eigenvalue weighted by Gasteiger charge is 2.10. The third kappa shape index (κ3) is 2.85. The minimum Gasteiger partial charge on any atom is -0.465 e. The van der Waals surface area contributed by atoms with Crippen molar-refractivity contribution >= 4 is 11.7 Å². The molecule has 0 spiro atoms. The second kappa shape index (κ2) is 6.00. The van der Waals surface area contributed by atoms with Gasteiger partial charge in [0.05, 0.1) is 25.9 Å². The molecule has 100 valence electrons. The lowest BCUT2D eigenvalue weighted by Gasteiger charge is -2.08. The largest absolute Gasteiger partial charge is 0.465 e. The van der Waals surface area contributed by atoms with Crippen molar-refractivity contribution in [3.05, 3.63) is 65.0 Å². The monoisotopic (exact) mass is 267 g/mol. The third-order valence-electron chi connectivity index (χ3n) is 2.91. The molecule has 0 saturated heterocycles. The van der Waals surface area contributed by atoms with Crippen LogP contribution in [0.4, 0.5) is 5.69 Å². The third-order valence-corrected chi connectivity index (χ3v) is 2.91. The molecule has 0 bridgehead atoms. The molecule has 2 aromatic carbocycles. The van der Waals surface area contributed by atoms with Crippen LogP contribution in [-0.4, -0.2) is 18.2 Å². The van der Waals surface area contributed by atoms with Crippen molar-refractivity contribution < 1.29 is 14.6 Å². The number of aliphatic hydroxyl groups is 1. The first-order valence-corrected chi connectivity index (χ1v) is 5.99. The summed E-state index contributed by atoms with van der Waals surface area (Å²) in [6.07, 6.45) is 0. The Kier molecular flexibility index (Phi) is 4.14. The molecule has 0 aliphatic heterocycles. The number of ether oxygens (including phenoxy) is 1. The summed E-state index contributed by atoms with van der Waals surface area (Å²) >= 11 is 0. The molecule has 0 amide bonds. The van der Waals surface area contributed by atoms with Crippen LogP contribution in [-0.2, 0) is 11.3 Å². The number of carbonyl (C=O) groups is 1. The van der Waals surface area contributed by atoms with Gasteiger partial charge in [-0.2, -0.15) is 0 Å². The van der Waals surface area contributed by atoms with Crippen molar-refractivity contribution in [1.82, 2.24) is 0 Å². The molecule has 0 fully saturated rings.